The molecule has 5 rings (SSSR count). The monoisotopic (exact) mass is 449 g/mol. The van der Waals surface area contributed by atoms with Crippen LogP contribution in [0.15, 0.2) is 59.7 Å². The molecule has 0 atom stereocenters. The molecule has 1 aliphatic rings. The topological polar surface area (TPSA) is 64.4 Å². The van der Waals surface area contributed by atoms with E-state index in [0.29, 0.717) is 18.0 Å². The Morgan fingerprint density at radius 1 is 1.22 bits per heavy atom. The predicted molar refractivity (Wildman–Crippen MR) is 121 cm³/mol. The lowest BCUT2D eigenvalue weighted by Gasteiger charge is -2.25. The van der Waals surface area contributed by atoms with Crippen molar-refractivity contribution in [2.75, 3.05) is 6.54 Å². The second-order valence-electron chi connectivity index (χ2n) is 7.70. The number of hydrogen-bond donors (Lipinski definition) is 0. The zero-order valence-corrected chi connectivity index (χ0v) is 18.2. The molecule has 8 heteroatoms. The van der Waals surface area contributed by atoms with Gasteiger partial charge < -0.3 is 9.64 Å². The van der Waals surface area contributed by atoms with Crippen molar-refractivity contribution in [2.24, 2.45) is 0 Å². The summed E-state index contributed by atoms with van der Waals surface area (Å²) >= 11 is 1.68. The van der Waals surface area contributed by atoms with Gasteiger partial charge in [0.05, 0.1) is 24.1 Å². The SMILES string of the molecule is CC(=O)N1CCc2c(sc3cc(-n4ccc(OCc5ccc(F)cn5)cc4=O)ccc23)C1. The van der Waals surface area contributed by atoms with E-state index in [1.54, 1.807) is 41.2 Å². The Balaban J connectivity index is 1.38. The standard InChI is InChI=1S/C24H20FN3O3S/c1-15(29)27-8-7-21-20-5-4-18(10-22(20)32-23(21)13-27)28-9-6-19(11-24(28)30)31-14-17-3-2-16(25)12-26-17/h2-6,9-12H,7-8,13-14H2,1H3. The van der Waals surface area contributed by atoms with Crippen molar-refractivity contribution >= 4 is 27.3 Å². The number of nitrogens with zero attached hydrogens (tertiary/aromatic N) is 3. The van der Waals surface area contributed by atoms with E-state index in [0.717, 1.165) is 29.5 Å². The highest BCUT2D eigenvalue weighted by atomic mass is 32.1. The maximum Gasteiger partial charge on any atom is 0.258 e. The maximum absolute atomic E-state index is 13.0. The van der Waals surface area contributed by atoms with Gasteiger partial charge in [0, 0.05) is 35.3 Å². The van der Waals surface area contributed by atoms with Crippen LogP contribution in [0.25, 0.3) is 15.8 Å². The van der Waals surface area contributed by atoms with E-state index in [1.165, 1.54) is 28.0 Å². The van der Waals surface area contributed by atoms with E-state index in [2.05, 4.69) is 11.1 Å². The van der Waals surface area contributed by atoms with Crippen molar-refractivity contribution in [3.8, 4) is 11.4 Å². The van der Waals surface area contributed by atoms with Crippen LogP contribution in [0, 0.1) is 5.82 Å². The van der Waals surface area contributed by atoms with Gasteiger partial charge in [0.1, 0.15) is 18.2 Å². The van der Waals surface area contributed by atoms with Crippen LogP contribution in [-0.4, -0.2) is 26.9 Å². The smallest absolute Gasteiger partial charge is 0.258 e. The van der Waals surface area contributed by atoms with Gasteiger partial charge in [-0.2, -0.15) is 0 Å². The van der Waals surface area contributed by atoms with Crippen molar-refractivity contribution in [1.82, 2.24) is 14.5 Å². The molecule has 0 N–H and O–H groups in total. The fourth-order valence-electron chi connectivity index (χ4n) is 3.92. The molecule has 1 aliphatic heterocycles. The molecule has 0 aliphatic carbocycles. The summed E-state index contributed by atoms with van der Waals surface area (Å²) in [6, 6.07) is 12.0. The molecule has 0 bridgehead atoms. The summed E-state index contributed by atoms with van der Waals surface area (Å²) in [7, 11) is 0. The third-order valence-corrected chi connectivity index (χ3v) is 6.80. The van der Waals surface area contributed by atoms with Crippen molar-refractivity contribution in [3.05, 3.63) is 87.2 Å². The van der Waals surface area contributed by atoms with Gasteiger partial charge in [0.25, 0.3) is 5.56 Å². The lowest BCUT2D eigenvalue weighted by Crippen LogP contribution is -2.33. The highest BCUT2D eigenvalue weighted by Crippen LogP contribution is 2.36. The van der Waals surface area contributed by atoms with Gasteiger partial charge >= 0.3 is 0 Å². The molecule has 0 fully saturated rings. The van der Waals surface area contributed by atoms with Gasteiger partial charge in [0.15, 0.2) is 0 Å². The molecule has 1 aromatic carbocycles. The number of aromatic nitrogens is 2. The molecule has 3 aromatic heterocycles. The molecule has 0 saturated heterocycles. The number of thiophene rings is 1. The molecule has 0 saturated carbocycles. The first-order valence-corrected chi connectivity index (χ1v) is 11.1. The summed E-state index contributed by atoms with van der Waals surface area (Å²) in [5.74, 6) is 0.114. The molecule has 32 heavy (non-hydrogen) atoms. The van der Waals surface area contributed by atoms with Crippen LogP contribution in [0.5, 0.6) is 5.75 Å². The Labute approximate surface area is 187 Å². The first-order chi connectivity index (χ1) is 15.5. The maximum atomic E-state index is 13.0. The number of rotatable bonds is 4. The van der Waals surface area contributed by atoms with Gasteiger partial charge in [-0.05, 0) is 47.7 Å². The molecule has 0 radical (unpaired) electrons. The summed E-state index contributed by atoms with van der Waals surface area (Å²) in [6.45, 7) is 3.14. The Hall–Kier alpha value is -3.52. The van der Waals surface area contributed by atoms with Gasteiger partial charge in [-0.3, -0.25) is 19.1 Å². The number of pyridine rings is 2. The van der Waals surface area contributed by atoms with Gasteiger partial charge in [-0.1, -0.05) is 6.07 Å². The van der Waals surface area contributed by atoms with E-state index >= 15 is 0 Å². The third kappa shape index (κ3) is 3.89. The molecular formula is C24H20FN3O3S. The van der Waals surface area contributed by atoms with Gasteiger partial charge in [-0.15, -0.1) is 11.3 Å². The second-order valence-corrected chi connectivity index (χ2v) is 8.84. The lowest BCUT2D eigenvalue weighted by atomic mass is 10.0. The Kier molecular flexibility index (Phi) is 5.22. The molecule has 1 amide bonds. The van der Waals surface area contributed by atoms with Crippen LogP contribution >= 0.6 is 11.3 Å². The van der Waals surface area contributed by atoms with Crippen LogP contribution in [0.4, 0.5) is 4.39 Å². The molecule has 4 heterocycles. The number of ether oxygens (including phenoxy) is 1. The fourth-order valence-corrected chi connectivity index (χ4v) is 5.22. The number of hydrogen-bond acceptors (Lipinski definition) is 5. The van der Waals surface area contributed by atoms with Crippen molar-refractivity contribution < 1.29 is 13.9 Å². The zero-order chi connectivity index (χ0) is 22.2. The first kappa shape index (κ1) is 20.4. The summed E-state index contributed by atoms with van der Waals surface area (Å²) in [6.07, 6.45) is 3.66. The molecule has 162 valence electrons. The predicted octanol–water partition coefficient (Wildman–Crippen LogP) is 4.07. The summed E-state index contributed by atoms with van der Waals surface area (Å²) < 4.78 is 21.3. The Morgan fingerprint density at radius 3 is 2.84 bits per heavy atom. The average Bonchev–Trinajstić information content (AvgIpc) is 3.15. The summed E-state index contributed by atoms with van der Waals surface area (Å²) in [4.78, 5) is 31.5. The van der Waals surface area contributed by atoms with Crippen molar-refractivity contribution in [1.29, 1.82) is 0 Å². The summed E-state index contributed by atoms with van der Waals surface area (Å²) in [5.41, 5.74) is 2.44. The minimum Gasteiger partial charge on any atom is -0.487 e. The quantitative estimate of drug-likeness (QED) is 0.471. The number of amides is 1. The molecule has 0 unspecified atom stereocenters. The van der Waals surface area contributed by atoms with E-state index < -0.39 is 5.82 Å². The number of fused-ring (bicyclic) bond motifs is 3. The zero-order valence-electron chi connectivity index (χ0n) is 17.4. The van der Waals surface area contributed by atoms with E-state index in [-0.39, 0.29) is 18.1 Å². The van der Waals surface area contributed by atoms with Crippen LogP contribution in [-0.2, 0) is 24.4 Å². The molecular weight excluding hydrogens is 429 g/mol. The molecule has 6 nitrogen and oxygen atoms in total. The minimum absolute atomic E-state index is 0.0952. The average molecular weight is 450 g/mol. The van der Waals surface area contributed by atoms with Gasteiger partial charge in [0.2, 0.25) is 5.91 Å². The number of benzene rings is 1. The lowest BCUT2D eigenvalue weighted by molar-refractivity contribution is -0.129. The minimum atomic E-state index is -0.406. The molecule has 0 spiro atoms. The second kappa shape index (κ2) is 8.20. The van der Waals surface area contributed by atoms with Crippen LogP contribution in [0.3, 0.4) is 0 Å². The molecule has 4 aromatic rings. The van der Waals surface area contributed by atoms with Crippen LogP contribution in [0.2, 0.25) is 0 Å². The first-order valence-electron chi connectivity index (χ1n) is 10.2. The largest absolute Gasteiger partial charge is 0.487 e. The normalized spacial score (nSPS) is 13.2. The van der Waals surface area contributed by atoms with Crippen LogP contribution in [0.1, 0.15) is 23.1 Å². The van der Waals surface area contributed by atoms with Gasteiger partial charge in [-0.25, -0.2) is 4.39 Å². The van der Waals surface area contributed by atoms with E-state index in [9.17, 15) is 14.0 Å². The van der Waals surface area contributed by atoms with E-state index in [4.69, 9.17) is 4.74 Å². The number of carbonyl (C=O) groups excluding carboxylic acids is 1. The fraction of sp³-hybridized carbons (Fsp3) is 0.208. The van der Waals surface area contributed by atoms with Crippen molar-refractivity contribution in [2.45, 2.75) is 26.5 Å². The third-order valence-electron chi connectivity index (χ3n) is 5.62. The van der Waals surface area contributed by atoms with E-state index in [1.807, 2.05) is 17.0 Å². The Morgan fingerprint density at radius 2 is 2.09 bits per heavy atom. The number of halogens is 1. The van der Waals surface area contributed by atoms with Crippen molar-refractivity contribution in [3.63, 3.8) is 0 Å². The Bertz CT molecular complexity index is 1380. The highest BCUT2D eigenvalue weighted by molar-refractivity contribution is 7.19. The summed E-state index contributed by atoms with van der Waals surface area (Å²) in [5, 5.41) is 1.19. The number of carbonyl (C=O) groups is 1. The highest BCUT2D eigenvalue weighted by Gasteiger charge is 2.22. The van der Waals surface area contributed by atoms with Crippen LogP contribution < -0.4 is 10.3 Å².